The van der Waals surface area contributed by atoms with Gasteiger partial charge in [-0.05, 0) is 12.5 Å². The van der Waals surface area contributed by atoms with Gasteiger partial charge in [0.2, 0.25) is 5.91 Å². The molecule has 2 atom stereocenters. The Kier molecular flexibility index (Phi) is 3.94. The molecule has 2 aliphatic heterocycles. The van der Waals surface area contributed by atoms with Crippen molar-refractivity contribution >= 4 is 38.5 Å². The number of nitrogens with zero attached hydrogens (tertiary/aromatic N) is 4. The molecule has 0 bridgehead atoms. The van der Waals surface area contributed by atoms with Gasteiger partial charge in [-0.2, -0.15) is 16.8 Å². The summed E-state index contributed by atoms with van der Waals surface area (Å²) in [6.45, 7) is 0.0911. The Morgan fingerprint density at radius 3 is 2.52 bits per heavy atom. The number of aromatic nitrogens is 2. The predicted octanol–water partition coefficient (Wildman–Crippen LogP) is -1.84. The fourth-order valence-electron chi connectivity index (χ4n) is 2.92. The van der Waals surface area contributed by atoms with E-state index in [-0.39, 0.29) is 18.7 Å². The van der Waals surface area contributed by atoms with Crippen LogP contribution in [0.1, 0.15) is 12.1 Å². The number of carbonyl (C=O) groups excluding carboxylic acids is 2. The van der Waals surface area contributed by atoms with Crippen LogP contribution in [0.2, 0.25) is 0 Å². The second-order valence-corrected chi connectivity index (χ2v) is 7.95. The van der Waals surface area contributed by atoms with Gasteiger partial charge >= 0.3 is 20.6 Å². The largest absolute Gasteiger partial charge is 0.365 e. The number of carbonyl (C=O) groups is 2. The van der Waals surface area contributed by atoms with E-state index in [1.807, 2.05) is 0 Å². The Labute approximate surface area is 142 Å². The average molecular weight is 392 g/mol. The first kappa shape index (κ1) is 17.5. The van der Waals surface area contributed by atoms with Crippen molar-refractivity contribution in [3.63, 3.8) is 0 Å². The molecule has 136 valence electrons. The van der Waals surface area contributed by atoms with Crippen LogP contribution in [-0.4, -0.2) is 74.5 Å². The van der Waals surface area contributed by atoms with Gasteiger partial charge in [-0.3, -0.25) is 18.7 Å². The first-order valence-corrected chi connectivity index (χ1v) is 9.61. The Hall–Kier alpha value is -2.29. The third-order valence-electron chi connectivity index (χ3n) is 3.95. The zero-order valence-electron chi connectivity index (χ0n) is 12.3. The third-order valence-corrected chi connectivity index (χ3v) is 5.70. The van der Waals surface area contributed by atoms with Crippen LogP contribution in [-0.2, 0) is 30.2 Å². The summed E-state index contributed by atoms with van der Waals surface area (Å²) in [4.78, 5) is 28.7. The van der Waals surface area contributed by atoms with Crippen LogP contribution in [0.25, 0.3) is 6.08 Å². The van der Waals surface area contributed by atoms with Gasteiger partial charge < -0.3 is 4.90 Å². The zero-order chi connectivity index (χ0) is 18.6. The standard InChI is InChI=1S/C11H12N4O8S2/c16-9(2-1-7-5-12-6-14(7)24(18,19)20)13-4-3-8-10(13)11(17)15(8)25(21,22)23/h1-2,5-6,8,10H,3-4H2,(H,18,19,20)(H,21,22,23). The van der Waals surface area contributed by atoms with Crippen LogP contribution < -0.4 is 0 Å². The monoisotopic (exact) mass is 392 g/mol. The Bertz CT molecular complexity index is 979. The molecule has 0 saturated carbocycles. The maximum atomic E-state index is 12.2. The van der Waals surface area contributed by atoms with Crippen molar-refractivity contribution in [2.75, 3.05) is 6.54 Å². The van der Waals surface area contributed by atoms with Crippen molar-refractivity contribution < 1.29 is 35.5 Å². The molecule has 0 spiro atoms. The molecular weight excluding hydrogens is 380 g/mol. The lowest BCUT2D eigenvalue weighted by molar-refractivity contribution is -0.149. The molecule has 2 aliphatic rings. The molecule has 2 unspecified atom stereocenters. The molecule has 2 saturated heterocycles. The molecule has 12 nitrogen and oxygen atoms in total. The summed E-state index contributed by atoms with van der Waals surface area (Å²) in [6, 6.07) is -1.81. The van der Waals surface area contributed by atoms with E-state index in [4.69, 9.17) is 9.11 Å². The molecule has 3 rings (SSSR count). The Balaban J connectivity index is 1.76. The summed E-state index contributed by atoms with van der Waals surface area (Å²) < 4.78 is 63.2. The second kappa shape index (κ2) is 5.62. The lowest BCUT2D eigenvalue weighted by Gasteiger charge is -2.42. The topological polar surface area (TPSA) is 167 Å². The molecule has 2 N–H and O–H groups in total. The van der Waals surface area contributed by atoms with Gasteiger partial charge in [0.05, 0.1) is 17.9 Å². The number of rotatable bonds is 4. The summed E-state index contributed by atoms with van der Waals surface area (Å²) in [6.07, 6.45) is 4.17. The highest BCUT2D eigenvalue weighted by Crippen LogP contribution is 2.35. The van der Waals surface area contributed by atoms with Crippen molar-refractivity contribution in [1.82, 2.24) is 18.2 Å². The van der Waals surface area contributed by atoms with E-state index in [0.29, 0.717) is 8.28 Å². The zero-order valence-corrected chi connectivity index (χ0v) is 14.0. The second-order valence-electron chi connectivity index (χ2n) is 5.37. The van der Waals surface area contributed by atoms with Crippen molar-refractivity contribution in [3.8, 4) is 0 Å². The van der Waals surface area contributed by atoms with Crippen LogP contribution in [0.3, 0.4) is 0 Å². The molecule has 14 heteroatoms. The van der Waals surface area contributed by atoms with Gasteiger partial charge in [0, 0.05) is 12.6 Å². The highest BCUT2D eigenvalue weighted by atomic mass is 32.2. The summed E-state index contributed by atoms with van der Waals surface area (Å²) in [5.74, 6) is -1.56. The first-order valence-electron chi connectivity index (χ1n) is 6.81. The number of amides is 2. The molecule has 1 aromatic rings. The smallest absolute Gasteiger partial charge is 0.325 e. The number of hydrogen-bond acceptors (Lipinski definition) is 7. The van der Waals surface area contributed by atoms with Crippen LogP contribution in [0.4, 0.5) is 0 Å². The van der Waals surface area contributed by atoms with Crippen LogP contribution in [0.5, 0.6) is 0 Å². The molecule has 3 heterocycles. The quantitative estimate of drug-likeness (QED) is 0.340. The molecular formula is C11H12N4O8S2. The van der Waals surface area contributed by atoms with E-state index >= 15 is 0 Å². The normalized spacial score (nSPS) is 23.8. The van der Waals surface area contributed by atoms with Gasteiger partial charge in [0.1, 0.15) is 12.4 Å². The van der Waals surface area contributed by atoms with Gasteiger partial charge in [0.25, 0.3) is 5.91 Å². The molecule has 1 aromatic heterocycles. The fraction of sp³-hybridized carbons (Fsp3) is 0.364. The maximum Gasteiger partial charge on any atom is 0.365 e. The lowest BCUT2D eigenvalue weighted by atomic mass is 10.0. The SMILES string of the molecule is O=C(C=Cc1cncn1S(=O)(=O)O)N1CCC2C1C(=O)N2S(=O)(=O)O. The van der Waals surface area contributed by atoms with Crippen LogP contribution >= 0.6 is 0 Å². The van der Waals surface area contributed by atoms with Crippen LogP contribution in [0.15, 0.2) is 18.6 Å². The van der Waals surface area contributed by atoms with Crippen molar-refractivity contribution in [1.29, 1.82) is 0 Å². The molecule has 2 amide bonds. The number of fused-ring (bicyclic) bond motifs is 1. The van der Waals surface area contributed by atoms with E-state index in [1.54, 1.807) is 0 Å². The minimum atomic E-state index is -4.67. The van der Waals surface area contributed by atoms with Crippen molar-refractivity contribution in [2.45, 2.75) is 18.5 Å². The number of imidazole rings is 1. The minimum absolute atomic E-state index is 0.0911. The van der Waals surface area contributed by atoms with Crippen LogP contribution in [0, 0.1) is 0 Å². The van der Waals surface area contributed by atoms with Gasteiger partial charge in [0.15, 0.2) is 0 Å². The van der Waals surface area contributed by atoms with Crippen molar-refractivity contribution in [3.05, 3.63) is 24.3 Å². The van der Waals surface area contributed by atoms with Gasteiger partial charge in [-0.25, -0.2) is 13.3 Å². The number of hydrogen-bond donors (Lipinski definition) is 2. The summed E-state index contributed by atoms with van der Waals surface area (Å²) in [5.41, 5.74) is -0.0916. The Morgan fingerprint density at radius 1 is 1.24 bits per heavy atom. The van der Waals surface area contributed by atoms with E-state index in [2.05, 4.69) is 4.98 Å². The third kappa shape index (κ3) is 2.92. The number of β-lactam (4-membered cyclic amide) rings is 1. The summed E-state index contributed by atoms with van der Waals surface area (Å²) >= 11 is 0. The average Bonchev–Trinajstić information content (AvgIpc) is 3.06. The van der Waals surface area contributed by atoms with E-state index < -0.39 is 44.5 Å². The molecule has 25 heavy (non-hydrogen) atoms. The first-order chi connectivity index (χ1) is 11.5. The summed E-state index contributed by atoms with van der Waals surface area (Å²) in [5, 5.41) is 0. The molecule has 0 aliphatic carbocycles. The highest BCUT2D eigenvalue weighted by molar-refractivity contribution is 7.84. The lowest BCUT2D eigenvalue weighted by Crippen LogP contribution is -2.68. The van der Waals surface area contributed by atoms with Gasteiger partial charge in [-0.15, -0.1) is 0 Å². The molecule has 0 radical (unpaired) electrons. The summed E-state index contributed by atoms with van der Waals surface area (Å²) in [7, 11) is -9.24. The van der Waals surface area contributed by atoms with E-state index in [9.17, 15) is 26.4 Å². The number of likely N-dealkylation sites (tertiary alicyclic amines) is 1. The molecule has 0 aromatic carbocycles. The molecule has 2 fully saturated rings. The fourth-order valence-corrected chi connectivity index (χ4v) is 4.36. The highest BCUT2D eigenvalue weighted by Gasteiger charge is 2.59. The Morgan fingerprint density at radius 2 is 1.92 bits per heavy atom. The van der Waals surface area contributed by atoms with E-state index in [0.717, 1.165) is 29.6 Å². The van der Waals surface area contributed by atoms with E-state index in [1.165, 1.54) is 0 Å². The maximum absolute atomic E-state index is 12.2. The minimum Gasteiger partial charge on any atom is -0.325 e. The predicted molar refractivity (Wildman–Crippen MR) is 80.5 cm³/mol. The van der Waals surface area contributed by atoms with Gasteiger partial charge in [-0.1, -0.05) is 0 Å². The van der Waals surface area contributed by atoms with Crippen molar-refractivity contribution in [2.24, 2.45) is 0 Å².